The monoisotopic (exact) mass is 409 g/mol. The van der Waals surface area contributed by atoms with Gasteiger partial charge in [0.1, 0.15) is 0 Å². The molecule has 1 N–H and O–H groups in total. The van der Waals surface area contributed by atoms with Crippen LogP contribution in [0.2, 0.25) is 0 Å². The molecule has 154 valence electrons. The average Bonchev–Trinajstić information content (AvgIpc) is 2.75. The maximum absolute atomic E-state index is 12.4. The van der Waals surface area contributed by atoms with Crippen LogP contribution in [0.15, 0.2) is 53.3 Å². The summed E-state index contributed by atoms with van der Waals surface area (Å²) in [6.07, 6.45) is 0. The number of carbonyl (C=O) groups is 3. The number of amides is 1. The first-order valence-corrected chi connectivity index (χ1v) is 9.11. The molecule has 0 aliphatic carbocycles. The molecule has 1 aromatic heterocycles. The molecular formula is C21H19N3O6. The van der Waals surface area contributed by atoms with Gasteiger partial charge in [-0.1, -0.05) is 18.2 Å². The summed E-state index contributed by atoms with van der Waals surface area (Å²) in [5.74, 6) is -1.85. The third-order valence-corrected chi connectivity index (χ3v) is 4.16. The van der Waals surface area contributed by atoms with Crippen LogP contribution in [0, 0.1) is 0 Å². The third kappa shape index (κ3) is 4.52. The third-order valence-electron chi connectivity index (χ3n) is 4.16. The van der Waals surface area contributed by atoms with Gasteiger partial charge in [-0.25, -0.2) is 14.3 Å². The van der Waals surface area contributed by atoms with Crippen LogP contribution in [0.1, 0.15) is 27.8 Å². The second-order valence-corrected chi connectivity index (χ2v) is 6.25. The quantitative estimate of drug-likeness (QED) is 0.618. The standard InChI is InChI=1S/C21H19N3O6/c1-3-29-20(27)13-8-10-14(11-9-13)22-17(25)12-30-21(28)18-15-6-4-5-7-16(15)19(26)24(2)23-18/h4-11H,3,12H2,1-2H3,(H,22,25). The highest BCUT2D eigenvalue weighted by atomic mass is 16.5. The highest BCUT2D eigenvalue weighted by molar-refractivity contribution is 6.03. The lowest BCUT2D eigenvalue weighted by Crippen LogP contribution is -2.26. The van der Waals surface area contributed by atoms with Crippen molar-refractivity contribution in [1.82, 2.24) is 9.78 Å². The van der Waals surface area contributed by atoms with Gasteiger partial charge >= 0.3 is 11.9 Å². The first-order chi connectivity index (χ1) is 14.4. The van der Waals surface area contributed by atoms with Crippen molar-refractivity contribution < 1.29 is 23.9 Å². The van der Waals surface area contributed by atoms with Crippen LogP contribution >= 0.6 is 0 Å². The molecule has 0 atom stereocenters. The van der Waals surface area contributed by atoms with E-state index in [-0.39, 0.29) is 17.9 Å². The number of fused-ring (bicyclic) bond motifs is 1. The van der Waals surface area contributed by atoms with E-state index in [4.69, 9.17) is 9.47 Å². The molecule has 9 nitrogen and oxygen atoms in total. The Labute approximate surface area is 171 Å². The molecule has 1 heterocycles. The summed E-state index contributed by atoms with van der Waals surface area (Å²) in [6.45, 7) is 1.43. The fraction of sp³-hybridized carbons (Fsp3) is 0.190. The predicted molar refractivity (Wildman–Crippen MR) is 108 cm³/mol. The van der Waals surface area contributed by atoms with Gasteiger partial charge in [-0.2, -0.15) is 5.10 Å². The lowest BCUT2D eigenvalue weighted by Gasteiger charge is -2.09. The van der Waals surface area contributed by atoms with Crippen molar-refractivity contribution in [1.29, 1.82) is 0 Å². The van der Waals surface area contributed by atoms with E-state index in [2.05, 4.69) is 10.4 Å². The fourth-order valence-corrected chi connectivity index (χ4v) is 2.75. The smallest absolute Gasteiger partial charge is 0.359 e. The van der Waals surface area contributed by atoms with Gasteiger partial charge in [0.05, 0.1) is 17.6 Å². The van der Waals surface area contributed by atoms with Gasteiger partial charge in [0.2, 0.25) is 0 Å². The molecule has 0 aliphatic heterocycles. The number of ether oxygens (including phenoxy) is 2. The Morgan fingerprint density at radius 2 is 1.63 bits per heavy atom. The molecule has 3 aromatic rings. The maximum Gasteiger partial charge on any atom is 0.359 e. The van der Waals surface area contributed by atoms with Crippen LogP contribution in [0.5, 0.6) is 0 Å². The molecule has 3 rings (SSSR count). The van der Waals surface area contributed by atoms with Crippen molar-refractivity contribution in [3.05, 3.63) is 70.1 Å². The molecule has 0 aliphatic rings. The Hall–Kier alpha value is -4.01. The number of nitrogens with zero attached hydrogens (tertiary/aromatic N) is 2. The number of anilines is 1. The number of esters is 2. The molecule has 0 unspecified atom stereocenters. The van der Waals surface area contributed by atoms with Crippen LogP contribution in [-0.2, 0) is 21.3 Å². The lowest BCUT2D eigenvalue weighted by molar-refractivity contribution is -0.119. The number of benzene rings is 2. The second-order valence-electron chi connectivity index (χ2n) is 6.25. The van der Waals surface area contributed by atoms with Gasteiger partial charge in [-0.05, 0) is 37.3 Å². The first kappa shape index (κ1) is 20.7. The van der Waals surface area contributed by atoms with Gasteiger partial charge in [-0.15, -0.1) is 0 Å². The Morgan fingerprint density at radius 1 is 0.967 bits per heavy atom. The van der Waals surface area contributed by atoms with Crippen LogP contribution in [0.3, 0.4) is 0 Å². The van der Waals surface area contributed by atoms with Crippen LogP contribution in [-0.4, -0.2) is 40.8 Å². The summed E-state index contributed by atoms with van der Waals surface area (Å²) in [5.41, 5.74) is 0.383. The lowest BCUT2D eigenvalue weighted by atomic mass is 10.1. The number of nitrogens with one attached hydrogen (secondary N) is 1. The van der Waals surface area contributed by atoms with Crippen molar-refractivity contribution in [2.24, 2.45) is 7.05 Å². The highest BCUT2D eigenvalue weighted by Gasteiger charge is 2.18. The largest absolute Gasteiger partial charge is 0.462 e. The fourth-order valence-electron chi connectivity index (χ4n) is 2.75. The molecule has 0 bridgehead atoms. The number of aromatic nitrogens is 2. The van der Waals surface area contributed by atoms with Crippen molar-refractivity contribution in [3.63, 3.8) is 0 Å². The minimum Gasteiger partial charge on any atom is -0.462 e. The van der Waals surface area contributed by atoms with Crippen molar-refractivity contribution in [2.45, 2.75) is 6.92 Å². The van der Waals surface area contributed by atoms with Gasteiger partial charge in [0, 0.05) is 18.1 Å². The van der Waals surface area contributed by atoms with E-state index in [0.29, 0.717) is 22.0 Å². The summed E-state index contributed by atoms with van der Waals surface area (Å²) in [6, 6.07) is 12.6. The topological polar surface area (TPSA) is 117 Å². The maximum atomic E-state index is 12.4. The second kappa shape index (κ2) is 8.99. The number of hydrogen-bond donors (Lipinski definition) is 1. The van der Waals surface area contributed by atoms with Gasteiger partial charge in [-0.3, -0.25) is 9.59 Å². The van der Waals surface area contributed by atoms with Crippen LogP contribution in [0.25, 0.3) is 10.8 Å². The molecule has 0 fully saturated rings. The molecule has 2 aromatic carbocycles. The van der Waals surface area contributed by atoms with E-state index in [9.17, 15) is 19.2 Å². The zero-order chi connectivity index (χ0) is 21.7. The molecule has 1 amide bonds. The van der Waals surface area contributed by atoms with Crippen molar-refractivity contribution >= 4 is 34.3 Å². The van der Waals surface area contributed by atoms with Crippen molar-refractivity contribution in [3.8, 4) is 0 Å². The predicted octanol–water partition coefficient (Wildman–Crippen LogP) is 1.91. The summed E-state index contributed by atoms with van der Waals surface area (Å²) in [7, 11) is 1.43. The number of rotatable bonds is 6. The van der Waals surface area contributed by atoms with Crippen molar-refractivity contribution in [2.75, 3.05) is 18.5 Å². The summed E-state index contributed by atoms with van der Waals surface area (Å²) in [5, 5.41) is 7.19. The zero-order valence-electron chi connectivity index (χ0n) is 16.4. The van der Waals surface area contributed by atoms with E-state index >= 15 is 0 Å². The Bertz CT molecular complexity index is 1170. The molecule has 0 saturated heterocycles. The highest BCUT2D eigenvalue weighted by Crippen LogP contribution is 2.14. The van der Waals surface area contributed by atoms with E-state index in [1.165, 1.54) is 31.3 Å². The molecule has 0 spiro atoms. The number of carbonyl (C=O) groups excluding carboxylic acids is 3. The first-order valence-electron chi connectivity index (χ1n) is 9.11. The number of hydrogen-bond acceptors (Lipinski definition) is 7. The molecule has 9 heteroatoms. The normalized spacial score (nSPS) is 10.5. The Kier molecular flexibility index (Phi) is 6.21. The molecular weight excluding hydrogens is 390 g/mol. The minimum atomic E-state index is -0.824. The molecule has 0 radical (unpaired) electrons. The van der Waals surface area contributed by atoms with E-state index < -0.39 is 24.5 Å². The summed E-state index contributed by atoms with van der Waals surface area (Å²) < 4.78 is 11.0. The Balaban J connectivity index is 1.65. The number of aryl methyl sites for hydroxylation is 1. The summed E-state index contributed by atoms with van der Waals surface area (Å²) in [4.78, 5) is 48.3. The van der Waals surface area contributed by atoms with E-state index in [1.807, 2.05) is 0 Å². The van der Waals surface area contributed by atoms with Gasteiger partial charge in [0.15, 0.2) is 12.3 Å². The SMILES string of the molecule is CCOC(=O)c1ccc(NC(=O)COC(=O)c2nn(C)c(=O)c3ccccc23)cc1. The zero-order valence-corrected chi connectivity index (χ0v) is 16.4. The molecule has 30 heavy (non-hydrogen) atoms. The van der Waals surface area contributed by atoms with E-state index in [1.54, 1.807) is 31.2 Å². The minimum absolute atomic E-state index is 0.0562. The Morgan fingerprint density at radius 3 is 2.30 bits per heavy atom. The van der Waals surface area contributed by atoms with Gasteiger partial charge in [0.25, 0.3) is 11.5 Å². The summed E-state index contributed by atoms with van der Waals surface area (Å²) >= 11 is 0. The van der Waals surface area contributed by atoms with Gasteiger partial charge < -0.3 is 14.8 Å². The van der Waals surface area contributed by atoms with Crippen LogP contribution < -0.4 is 10.9 Å². The van der Waals surface area contributed by atoms with Crippen LogP contribution in [0.4, 0.5) is 5.69 Å². The molecule has 0 saturated carbocycles. The van der Waals surface area contributed by atoms with E-state index in [0.717, 1.165) is 4.68 Å². The average molecular weight is 409 g/mol.